The Labute approximate surface area is 463 Å². The Balaban J connectivity index is 0.993. The minimum absolute atomic E-state index is 0.0688. The molecule has 2 aromatic heterocycles. The van der Waals surface area contributed by atoms with Crippen molar-refractivity contribution in [2.45, 2.75) is 83.7 Å². The third-order valence-electron chi connectivity index (χ3n) is 13.8. The van der Waals surface area contributed by atoms with Crippen LogP contribution >= 0.6 is 7.82 Å². The average Bonchev–Trinajstić information content (AvgIpc) is 3.92. The molecule has 422 valence electrons. The van der Waals surface area contributed by atoms with Crippen LogP contribution in [0.2, 0.25) is 0 Å². The highest BCUT2D eigenvalue weighted by Crippen LogP contribution is 2.51. The second kappa shape index (κ2) is 25.2. The van der Waals surface area contributed by atoms with Gasteiger partial charge in [-0.05, 0) is 55.5 Å². The first kappa shape index (κ1) is 57.1. The number of oxime groups is 1. The molecule has 21 nitrogen and oxygen atoms in total. The molecule has 0 saturated carbocycles. The number of benzene rings is 4. The Morgan fingerprint density at radius 3 is 2.11 bits per heavy atom. The van der Waals surface area contributed by atoms with Crippen LogP contribution in [-0.4, -0.2) is 93.6 Å². The number of hydrogen-bond acceptors (Lipinski definition) is 16. The summed E-state index contributed by atoms with van der Waals surface area (Å²) in [6, 6.07) is 30.9. The number of carbonyl (C=O) groups excluding carboxylic acids is 5. The van der Waals surface area contributed by atoms with Crippen molar-refractivity contribution >= 4 is 49.3 Å². The van der Waals surface area contributed by atoms with Gasteiger partial charge in [-0.1, -0.05) is 108 Å². The summed E-state index contributed by atoms with van der Waals surface area (Å²) in [5.74, 6) is -5.40. The molecule has 0 aliphatic carbocycles. The molecule has 1 N–H and O–H groups in total. The van der Waals surface area contributed by atoms with E-state index >= 15 is 0 Å². The molecule has 4 aromatic carbocycles. The lowest BCUT2D eigenvalue weighted by molar-refractivity contribution is -0.146. The van der Waals surface area contributed by atoms with Gasteiger partial charge in [-0.2, -0.15) is 0 Å². The van der Waals surface area contributed by atoms with Crippen molar-refractivity contribution in [1.29, 1.82) is 0 Å². The first-order valence-electron chi connectivity index (χ1n) is 25.7. The van der Waals surface area contributed by atoms with Gasteiger partial charge in [0, 0.05) is 62.2 Å². The molecule has 3 aliphatic rings. The van der Waals surface area contributed by atoms with Gasteiger partial charge in [0.1, 0.15) is 36.2 Å². The summed E-state index contributed by atoms with van der Waals surface area (Å²) in [6.45, 7) is 0.430. The zero-order valence-electron chi connectivity index (χ0n) is 44.2. The largest absolute Gasteiger partial charge is 0.478 e. The molecule has 3 atom stereocenters. The fourth-order valence-corrected chi connectivity index (χ4v) is 10.6. The quantitative estimate of drug-likeness (QED) is 0.0426. The highest BCUT2D eigenvalue weighted by molar-refractivity contribution is 7.48. The van der Waals surface area contributed by atoms with E-state index in [1.165, 1.54) is 41.0 Å². The van der Waals surface area contributed by atoms with E-state index in [4.69, 9.17) is 32.6 Å². The number of nitrogens with zero attached hydrogens (tertiary/aromatic N) is 6. The fraction of sp³-hybridized carbons (Fsp3) is 0.298. The number of pyridine rings is 2. The number of nitrogens with one attached hydrogen (secondary N) is 1. The molecule has 6 aromatic rings. The van der Waals surface area contributed by atoms with E-state index in [1.807, 2.05) is 6.92 Å². The molecule has 0 unspecified atom stereocenters. The van der Waals surface area contributed by atoms with E-state index < -0.39 is 104 Å². The standard InChI is InChI=1S/C57H56F2N7O14P/c1-37-27-57(80-62-37)24-23-38(2)65-31-47(57)66-30-45(53(69)61-28-42-21-22-44(58)26-46(42)59)50(68)51(49(66)54(65)70)79-55(71)63(3)52-43(20-13-25-60-52)29-64(32-48(67)74-33-39-14-7-4-8-15-39)56(72)75-36-78-81(73,76-34-40-16-9-5-10-17-40)77-35-41-18-11-6-12-19-41/h4-22,25-26,30,38,47H,23-24,27-29,31-36H2,1-3H3,(H,61,69)/t38-,47+,57-/m0/s1. The van der Waals surface area contributed by atoms with Crippen molar-refractivity contribution in [3.63, 3.8) is 0 Å². The Morgan fingerprint density at radius 1 is 0.827 bits per heavy atom. The second-order valence-corrected chi connectivity index (χ2v) is 21.1. The number of ether oxygens (including phenoxy) is 3. The number of fused-ring (bicyclic) bond motifs is 5. The third kappa shape index (κ3) is 13.5. The predicted molar refractivity (Wildman–Crippen MR) is 286 cm³/mol. The molecule has 9 rings (SSSR count). The van der Waals surface area contributed by atoms with E-state index in [-0.39, 0.29) is 55.0 Å². The zero-order valence-corrected chi connectivity index (χ0v) is 45.1. The minimum Gasteiger partial charge on any atom is -0.459 e. The fourth-order valence-electron chi connectivity index (χ4n) is 9.53. The number of hydrogen-bond donors (Lipinski definition) is 1. The van der Waals surface area contributed by atoms with Crippen molar-refractivity contribution in [3.8, 4) is 5.75 Å². The van der Waals surface area contributed by atoms with Gasteiger partial charge in [-0.15, -0.1) is 0 Å². The third-order valence-corrected chi connectivity index (χ3v) is 15.1. The zero-order chi connectivity index (χ0) is 57.3. The number of phosphoric ester groups is 1. The lowest BCUT2D eigenvalue weighted by Crippen LogP contribution is -2.52. The minimum atomic E-state index is -4.46. The molecule has 24 heteroatoms. The van der Waals surface area contributed by atoms with E-state index in [1.54, 1.807) is 97.9 Å². The molecule has 3 aliphatic heterocycles. The highest BCUT2D eigenvalue weighted by Gasteiger charge is 2.54. The van der Waals surface area contributed by atoms with E-state index in [2.05, 4.69) is 15.5 Å². The summed E-state index contributed by atoms with van der Waals surface area (Å²) in [7, 11) is -3.23. The molecular formula is C57H56F2N7O14P. The molecule has 4 amide bonds. The van der Waals surface area contributed by atoms with Gasteiger partial charge in [0.15, 0.2) is 11.3 Å². The number of phosphoric acid groups is 1. The second-order valence-electron chi connectivity index (χ2n) is 19.4. The molecule has 1 fully saturated rings. The van der Waals surface area contributed by atoms with Crippen LogP contribution in [0.3, 0.4) is 0 Å². The monoisotopic (exact) mass is 1130 g/mol. The SMILES string of the molecule is CC1=NO[C@@]2(CC[C@H](C)N3C[C@H]2n2cc(C(=O)NCc4ccc(F)cc4F)c(=O)c(OC(=O)N(C)c4ncccc4CN(CC(=O)OCc4ccccc4)C(=O)OCOP(=O)(OCc4ccccc4)OCc4ccccc4)c2C3=O)C1. The molecule has 1 spiro atoms. The van der Waals surface area contributed by atoms with Gasteiger partial charge in [-0.25, -0.2) is 32.4 Å². The van der Waals surface area contributed by atoms with Gasteiger partial charge in [0.05, 0.1) is 31.5 Å². The molecule has 1 saturated heterocycles. The molecule has 2 bridgehead atoms. The van der Waals surface area contributed by atoms with Gasteiger partial charge >= 0.3 is 26.0 Å². The van der Waals surface area contributed by atoms with Crippen LogP contribution in [0.1, 0.15) is 87.8 Å². The maximum Gasteiger partial charge on any atom is 0.478 e. The van der Waals surface area contributed by atoms with E-state index in [9.17, 15) is 42.1 Å². The lowest BCUT2D eigenvalue weighted by Gasteiger charge is -2.42. The van der Waals surface area contributed by atoms with Gasteiger partial charge in [0.2, 0.25) is 18.0 Å². The first-order valence-corrected chi connectivity index (χ1v) is 27.1. The molecular weight excluding hydrogens is 1080 g/mol. The van der Waals surface area contributed by atoms with Gasteiger partial charge < -0.3 is 33.8 Å². The predicted octanol–water partition coefficient (Wildman–Crippen LogP) is 9.00. The van der Waals surface area contributed by atoms with Crippen molar-refractivity contribution in [2.75, 3.05) is 31.8 Å². The van der Waals surface area contributed by atoms with Crippen LogP contribution in [0.25, 0.3) is 0 Å². The Kier molecular flexibility index (Phi) is 17.8. The van der Waals surface area contributed by atoms with Crippen molar-refractivity contribution in [2.24, 2.45) is 5.16 Å². The molecule has 5 heterocycles. The van der Waals surface area contributed by atoms with Crippen molar-refractivity contribution in [1.82, 2.24) is 24.7 Å². The summed E-state index contributed by atoms with van der Waals surface area (Å²) in [5, 5.41) is 6.72. The summed E-state index contributed by atoms with van der Waals surface area (Å²) < 4.78 is 77.7. The van der Waals surface area contributed by atoms with Gasteiger partial charge in [0.25, 0.3) is 11.8 Å². The number of rotatable bonds is 20. The summed E-state index contributed by atoms with van der Waals surface area (Å²) in [5.41, 5.74) is -0.586. The Bertz CT molecular complexity index is 3400. The maximum absolute atomic E-state index is 14.7. The van der Waals surface area contributed by atoms with E-state index in [0.717, 1.165) is 21.9 Å². The number of halogens is 2. The number of aromatic nitrogens is 2. The van der Waals surface area contributed by atoms with Crippen LogP contribution in [0, 0.1) is 11.6 Å². The highest BCUT2D eigenvalue weighted by atomic mass is 31.2. The Morgan fingerprint density at radius 2 is 1.48 bits per heavy atom. The molecule has 0 radical (unpaired) electrons. The van der Waals surface area contributed by atoms with Gasteiger partial charge in [-0.3, -0.25) is 38.0 Å². The van der Waals surface area contributed by atoms with Crippen LogP contribution in [0.15, 0.2) is 144 Å². The van der Waals surface area contributed by atoms with Crippen molar-refractivity contribution in [3.05, 3.63) is 195 Å². The average molecular weight is 1130 g/mol. The van der Waals surface area contributed by atoms with Crippen LogP contribution in [0.4, 0.5) is 24.2 Å². The number of carbonyl (C=O) groups is 5. The topological polar surface area (TPSA) is 236 Å². The van der Waals surface area contributed by atoms with Crippen LogP contribution in [0.5, 0.6) is 5.75 Å². The first-order chi connectivity index (χ1) is 39.0. The number of esters is 1. The molecule has 81 heavy (non-hydrogen) atoms. The number of anilines is 1. The smallest absolute Gasteiger partial charge is 0.459 e. The van der Waals surface area contributed by atoms with Crippen LogP contribution in [-0.2, 0) is 70.2 Å². The summed E-state index contributed by atoms with van der Waals surface area (Å²) in [6.07, 6.45) is 1.23. The van der Waals surface area contributed by atoms with Crippen LogP contribution < -0.4 is 20.4 Å². The number of amides is 4. The van der Waals surface area contributed by atoms with Crippen molar-refractivity contribution < 1.29 is 69.9 Å². The van der Waals surface area contributed by atoms with E-state index in [0.29, 0.717) is 47.7 Å². The summed E-state index contributed by atoms with van der Waals surface area (Å²) in [4.78, 5) is 99.5. The summed E-state index contributed by atoms with van der Waals surface area (Å²) >= 11 is 0. The normalized spacial score (nSPS) is 17.3. The lowest BCUT2D eigenvalue weighted by atomic mass is 9.84. The Hall–Kier alpha value is -8.63. The maximum atomic E-state index is 14.7.